The minimum absolute atomic E-state index is 0.0295. The topological polar surface area (TPSA) is 140 Å². The molecule has 1 saturated heterocycles. The maximum Gasteiger partial charge on any atom is 0.573 e. The number of ether oxygens (including phenoxy) is 1. The van der Waals surface area contributed by atoms with Crippen LogP contribution in [-0.2, 0) is 17.8 Å². The lowest BCUT2D eigenvalue weighted by atomic mass is 10.1. The Morgan fingerprint density at radius 1 is 1.05 bits per heavy atom. The van der Waals surface area contributed by atoms with Gasteiger partial charge in [0.1, 0.15) is 5.75 Å². The SMILES string of the molecule is O=C(Cc1cccc(OC(F)(F)F)c1)Nc1ccc(N2CCC(n3cc(C(=O)NCc4ccccn4)nn3)C2)nn1. The molecule has 2 amide bonds. The van der Waals surface area contributed by atoms with Gasteiger partial charge in [0.25, 0.3) is 5.91 Å². The number of hydrogen-bond donors (Lipinski definition) is 2. The van der Waals surface area contributed by atoms with Crippen molar-refractivity contribution in [1.29, 1.82) is 0 Å². The van der Waals surface area contributed by atoms with Gasteiger partial charge in [0.15, 0.2) is 17.3 Å². The lowest BCUT2D eigenvalue weighted by Gasteiger charge is -2.17. The second-order valence-electron chi connectivity index (χ2n) is 9.17. The van der Waals surface area contributed by atoms with Gasteiger partial charge in [0, 0.05) is 19.3 Å². The van der Waals surface area contributed by atoms with Gasteiger partial charge in [-0.15, -0.1) is 28.5 Å². The third-order valence-corrected chi connectivity index (χ3v) is 6.18. The molecule has 0 bridgehead atoms. The molecule has 4 aromatic rings. The van der Waals surface area contributed by atoms with E-state index in [2.05, 4.69) is 40.9 Å². The molecule has 1 atom stereocenters. The van der Waals surface area contributed by atoms with Crippen LogP contribution in [0.5, 0.6) is 5.75 Å². The summed E-state index contributed by atoms with van der Waals surface area (Å²) in [6.07, 6.45) is -0.981. The third kappa shape index (κ3) is 7.52. The van der Waals surface area contributed by atoms with Gasteiger partial charge in [0.05, 0.1) is 30.9 Å². The summed E-state index contributed by atoms with van der Waals surface area (Å²) < 4.78 is 42.9. The molecule has 0 saturated carbocycles. The monoisotopic (exact) mass is 567 g/mol. The first-order valence-corrected chi connectivity index (χ1v) is 12.5. The summed E-state index contributed by atoms with van der Waals surface area (Å²) in [6, 6.07) is 13.9. The van der Waals surface area contributed by atoms with Crippen LogP contribution in [-0.4, -0.2) is 61.4 Å². The Balaban J connectivity index is 1.11. The van der Waals surface area contributed by atoms with Gasteiger partial charge in [-0.1, -0.05) is 23.4 Å². The molecule has 1 aliphatic rings. The number of alkyl halides is 3. The molecule has 1 aromatic carbocycles. The maximum absolute atomic E-state index is 12.4. The van der Waals surface area contributed by atoms with E-state index in [0.717, 1.165) is 24.2 Å². The van der Waals surface area contributed by atoms with Crippen LogP contribution in [0.4, 0.5) is 24.8 Å². The number of halogens is 3. The Hall–Kier alpha value is -5.08. The average Bonchev–Trinajstić information content (AvgIpc) is 3.63. The number of carbonyl (C=O) groups excluding carboxylic acids is 2. The highest BCUT2D eigenvalue weighted by atomic mass is 19.4. The molecule has 12 nitrogen and oxygen atoms in total. The van der Waals surface area contributed by atoms with Gasteiger partial charge >= 0.3 is 6.36 Å². The largest absolute Gasteiger partial charge is 0.573 e. The number of amides is 2. The number of rotatable bonds is 9. The quantitative estimate of drug-likeness (QED) is 0.312. The van der Waals surface area contributed by atoms with Crippen molar-refractivity contribution in [3.8, 4) is 5.75 Å². The first kappa shape index (κ1) is 27.5. The summed E-state index contributed by atoms with van der Waals surface area (Å²) in [7, 11) is 0. The number of anilines is 2. The minimum Gasteiger partial charge on any atom is -0.406 e. The van der Waals surface area contributed by atoms with Crippen LogP contribution in [0, 0.1) is 0 Å². The molecule has 0 radical (unpaired) electrons. The Kier molecular flexibility index (Phi) is 8.03. The van der Waals surface area contributed by atoms with Crippen molar-refractivity contribution in [2.24, 2.45) is 0 Å². The molecule has 0 spiro atoms. The second-order valence-corrected chi connectivity index (χ2v) is 9.17. The third-order valence-electron chi connectivity index (χ3n) is 6.18. The highest BCUT2D eigenvalue weighted by Gasteiger charge is 2.31. The molecule has 15 heteroatoms. The number of nitrogens with zero attached hydrogens (tertiary/aromatic N) is 7. The summed E-state index contributed by atoms with van der Waals surface area (Å²) in [4.78, 5) is 31.0. The molecule has 1 fully saturated rings. The van der Waals surface area contributed by atoms with E-state index in [9.17, 15) is 22.8 Å². The maximum atomic E-state index is 12.4. The number of nitrogens with one attached hydrogen (secondary N) is 2. The Morgan fingerprint density at radius 2 is 1.93 bits per heavy atom. The van der Waals surface area contributed by atoms with Crippen LogP contribution in [0.3, 0.4) is 0 Å². The fraction of sp³-hybridized carbons (Fsp3) is 0.269. The van der Waals surface area contributed by atoms with Crippen molar-refractivity contribution < 1.29 is 27.5 Å². The standard InChI is InChI=1S/C26H24F3N9O3/c27-26(28,29)41-20-6-3-4-17(12-20)13-24(39)32-22-7-8-23(35-34-22)37-11-9-19(15-37)38-16-21(33-36-38)25(40)31-14-18-5-1-2-10-30-18/h1-8,10,12,16,19H,9,11,13-15H2,(H,31,40)(H,32,34,39). The smallest absolute Gasteiger partial charge is 0.406 e. The minimum atomic E-state index is -4.82. The van der Waals surface area contributed by atoms with Crippen LogP contribution < -0.4 is 20.3 Å². The van der Waals surface area contributed by atoms with Crippen LogP contribution in [0.1, 0.15) is 34.2 Å². The molecule has 4 heterocycles. The Bertz CT molecular complexity index is 1500. The molecule has 0 aliphatic carbocycles. The van der Waals surface area contributed by atoms with Gasteiger partial charge in [-0.05, 0) is 48.4 Å². The van der Waals surface area contributed by atoms with E-state index in [1.54, 1.807) is 35.3 Å². The molecular weight excluding hydrogens is 543 g/mol. The summed E-state index contributed by atoms with van der Waals surface area (Å²) in [5.41, 5.74) is 1.29. The highest BCUT2D eigenvalue weighted by molar-refractivity contribution is 5.92. The van der Waals surface area contributed by atoms with E-state index in [0.29, 0.717) is 24.5 Å². The van der Waals surface area contributed by atoms with Gasteiger partial charge in [-0.3, -0.25) is 14.6 Å². The number of pyridine rings is 1. The zero-order valence-corrected chi connectivity index (χ0v) is 21.5. The van der Waals surface area contributed by atoms with Gasteiger partial charge in [0.2, 0.25) is 5.91 Å². The number of carbonyl (C=O) groups is 2. The summed E-state index contributed by atoms with van der Waals surface area (Å²) >= 11 is 0. The highest BCUT2D eigenvalue weighted by Crippen LogP contribution is 2.26. The Morgan fingerprint density at radius 3 is 2.68 bits per heavy atom. The normalized spacial score (nSPS) is 15.0. The fourth-order valence-corrected chi connectivity index (χ4v) is 4.27. The lowest BCUT2D eigenvalue weighted by molar-refractivity contribution is -0.274. The van der Waals surface area contributed by atoms with Gasteiger partial charge in [-0.2, -0.15) is 0 Å². The van der Waals surface area contributed by atoms with Crippen molar-refractivity contribution in [1.82, 2.24) is 35.5 Å². The van der Waals surface area contributed by atoms with E-state index >= 15 is 0 Å². The van der Waals surface area contributed by atoms with Crippen LogP contribution in [0.25, 0.3) is 0 Å². The van der Waals surface area contributed by atoms with Gasteiger partial charge in [-0.25, -0.2) is 4.68 Å². The molecular formula is C26H24F3N9O3. The van der Waals surface area contributed by atoms with Crippen LogP contribution in [0.2, 0.25) is 0 Å². The van der Waals surface area contributed by atoms with E-state index in [1.807, 2.05) is 17.0 Å². The number of aromatic nitrogens is 6. The summed E-state index contributed by atoms with van der Waals surface area (Å²) in [6.45, 7) is 1.51. The first-order valence-electron chi connectivity index (χ1n) is 12.5. The predicted molar refractivity (Wildman–Crippen MR) is 139 cm³/mol. The molecule has 41 heavy (non-hydrogen) atoms. The number of hydrogen-bond acceptors (Lipinski definition) is 9. The molecule has 212 valence electrons. The van der Waals surface area contributed by atoms with Crippen LogP contribution in [0.15, 0.2) is 67.0 Å². The van der Waals surface area contributed by atoms with Crippen molar-refractivity contribution in [2.45, 2.75) is 31.8 Å². The van der Waals surface area contributed by atoms with Gasteiger partial charge < -0.3 is 20.3 Å². The second kappa shape index (κ2) is 12.0. The van der Waals surface area contributed by atoms with Crippen molar-refractivity contribution in [3.05, 3.63) is 83.9 Å². The van der Waals surface area contributed by atoms with E-state index in [1.165, 1.54) is 12.1 Å². The molecule has 2 N–H and O–H groups in total. The zero-order chi connectivity index (χ0) is 28.8. The fourth-order valence-electron chi connectivity index (χ4n) is 4.27. The molecule has 5 rings (SSSR count). The van der Waals surface area contributed by atoms with E-state index in [-0.39, 0.29) is 36.4 Å². The van der Waals surface area contributed by atoms with Crippen molar-refractivity contribution in [3.63, 3.8) is 0 Å². The Labute approximate surface area is 231 Å². The predicted octanol–water partition coefficient (Wildman–Crippen LogP) is 2.92. The van der Waals surface area contributed by atoms with E-state index < -0.39 is 18.0 Å². The van der Waals surface area contributed by atoms with Crippen molar-refractivity contribution in [2.75, 3.05) is 23.3 Å². The summed E-state index contributed by atoms with van der Waals surface area (Å²) in [5.74, 6) is -0.418. The number of benzene rings is 1. The lowest BCUT2D eigenvalue weighted by Crippen LogP contribution is -2.24. The van der Waals surface area contributed by atoms with Crippen LogP contribution >= 0.6 is 0 Å². The first-order chi connectivity index (χ1) is 19.7. The molecule has 3 aromatic heterocycles. The van der Waals surface area contributed by atoms with Crippen molar-refractivity contribution >= 4 is 23.5 Å². The zero-order valence-electron chi connectivity index (χ0n) is 21.5. The molecule has 1 aliphatic heterocycles. The average molecular weight is 568 g/mol. The summed E-state index contributed by atoms with van der Waals surface area (Å²) in [5, 5.41) is 21.7. The van der Waals surface area contributed by atoms with E-state index in [4.69, 9.17) is 0 Å². The molecule has 1 unspecified atom stereocenters.